The van der Waals surface area contributed by atoms with Gasteiger partial charge >= 0.3 is 0 Å². The molecule has 20 heavy (non-hydrogen) atoms. The highest BCUT2D eigenvalue weighted by molar-refractivity contribution is 7.99. The molecule has 0 saturated heterocycles. The van der Waals surface area contributed by atoms with Crippen molar-refractivity contribution in [3.63, 3.8) is 0 Å². The van der Waals surface area contributed by atoms with Gasteiger partial charge in [-0.05, 0) is 30.5 Å². The molecule has 3 aromatic rings. The lowest BCUT2D eigenvalue weighted by Gasteiger charge is -2.10. The van der Waals surface area contributed by atoms with E-state index < -0.39 is 0 Å². The molecule has 1 N–H and O–H groups in total. The van der Waals surface area contributed by atoms with Crippen molar-refractivity contribution in [3.8, 4) is 0 Å². The normalized spacial score (nSPS) is 12.8. The topological polar surface area (TPSA) is 38.1 Å². The third-order valence-electron chi connectivity index (χ3n) is 3.02. The second-order valence-electron chi connectivity index (χ2n) is 4.49. The zero-order valence-electron chi connectivity index (χ0n) is 11.2. The molecule has 104 valence electrons. The van der Waals surface area contributed by atoms with E-state index in [0.29, 0.717) is 6.04 Å². The number of rotatable bonds is 6. The molecule has 0 radical (unpaired) electrons. The van der Waals surface area contributed by atoms with Crippen LogP contribution in [0.1, 0.15) is 17.8 Å². The Morgan fingerprint density at radius 2 is 2.20 bits per heavy atom. The third kappa shape index (κ3) is 3.23. The highest BCUT2D eigenvalue weighted by atomic mass is 32.2. The second kappa shape index (κ2) is 6.43. The van der Waals surface area contributed by atoms with Crippen LogP contribution < -0.4 is 5.32 Å². The average Bonchev–Trinajstić information content (AvgIpc) is 3.11. The van der Waals surface area contributed by atoms with Gasteiger partial charge in [-0.15, -0.1) is 11.3 Å². The summed E-state index contributed by atoms with van der Waals surface area (Å²) in [5.74, 6) is 0.947. The van der Waals surface area contributed by atoms with Crippen LogP contribution in [-0.4, -0.2) is 17.3 Å². The summed E-state index contributed by atoms with van der Waals surface area (Å²) < 4.78 is 5.67. The van der Waals surface area contributed by atoms with Gasteiger partial charge in [-0.25, -0.2) is 4.98 Å². The summed E-state index contributed by atoms with van der Waals surface area (Å²) in [4.78, 5) is 5.82. The average molecular weight is 304 g/mol. The summed E-state index contributed by atoms with van der Waals surface area (Å²) in [7, 11) is 0. The van der Waals surface area contributed by atoms with Crippen LogP contribution in [0, 0.1) is 0 Å². The zero-order chi connectivity index (χ0) is 13.8. The maximum absolute atomic E-state index is 5.67. The molecule has 0 aliphatic carbocycles. The van der Waals surface area contributed by atoms with Gasteiger partial charge in [0.1, 0.15) is 5.52 Å². The Labute approximate surface area is 126 Å². The predicted molar refractivity (Wildman–Crippen MR) is 85.5 cm³/mol. The first kappa shape index (κ1) is 13.7. The third-order valence-corrected chi connectivity index (χ3v) is 4.91. The summed E-state index contributed by atoms with van der Waals surface area (Å²) in [5.41, 5.74) is 1.78. The van der Waals surface area contributed by atoms with E-state index in [1.807, 2.05) is 24.3 Å². The number of aromatic nitrogens is 1. The van der Waals surface area contributed by atoms with Crippen molar-refractivity contribution in [2.75, 3.05) is 12.3 Å². The number of hydrogen-bond donors (Lipinski definition) is 1. The van der Waals surface area contributed by atoms with Gasteiger partial charge in [0.2, 0.25) is 0 Å². The van der Waals surface area contributed by atoms with Crippen molar-refractivity contribution in [1.82, 2.24) is 10.3 Å². The van der Waals surface area contributed by atoms with Gasteiger partial charge in [0.15, 0.2) is 5.58 Å². The van der Waals surface area contributed by atoms with Gasteiger partial charge in [0, 0.05) is 23.2 Å². The van der Waals surface area contributed by atoms with Crippen LogP contribution in [0.5, 0.6) is 0 Å². The molecule has 1 aromatic carbocycles. The van der Waals surface area contributed by atoms with Crippen LogP contribution in [0.2, 0.25) is 0 Å². The van der Waals surface area contributed by atoms with E-state index in [1.165, 1.54) is 4.88 Å². The number of nitrogens with zero attached hydrogens (tertiary/aromatic N) is 1. The van der Waals surface area contributed by atoms with E-state index in [1.54, 1.807) is 23.1 Å². The summed E-state index contributed by atoms with van der Waals surface area (Å²) in [5, 5.41) is 6.37. The molecule has 0 saturated carbocycles. The molecule has 0 spiro atoms. The molecule has 0 aliphatic rings. The van der Waals surface area contributed by atoms with Crippen LogP contribution in [0.25, 0.3) is 11.1 Å². The van der Waals surface area contributed by atoms with Gasteiger partial charge in [0.05, 0.1) is 0 Å². The fourth-order valence-electron chi connectivity index (χ4n) is 1.96. The molecule has 1 unspecified atom stereocenters. The predicted octanol–water partition coefficient (Wildman–Crippen LogP) is 4.33. The first-order valence-electron chi connectivity index (χ1n) is 6.58. The maximum atomic E-state index is 5.67. The quantitative estimate of drug-likeness (QED) is 0.543. The van der Waals surface area contributed by atoms with Gasteiger partial charge in [0.25, 0.3) is 5.22 Å². The number of oxazole rings is 1. The highest BCUT2D eigenvalue weighted by Gasteiger charge is 2.07. The standard InChI is InChI=1S/C15H16N2OS2/c1-11(14-7-4-9-19-14)16-8-10-20-15-17-12-5-2-3-6-13(12)18-15/h2-7,9,11,16H,8,10H2,1H3. The fraction of sp³-hybridized carbons (Fsp3) is 0.267. The van der Waals surface area contributed by atoms with Gasteiger partial charge in [-0.3, -0.25) is 0 Å². The monoisotopic (exact) mass is 304 g/mol. The zero-order valence-corrected chi connectivity index (χ0v) is 12.8. The maximum Gasteiger partial charge on any atom is 0.256 e. The smallest absolute Gasteiger partial charge is 0.256 e. The van der Waals surface area contributed by atoms with E-state index in [0.717, 1.165) is 28.6 Å². The number of benzene rings is 1. The summed E-state index contributed by atoms with van der Waals surface area (Å²) in [6.45, 7) is 3.12. The van der Waals surface area contributed by atoms with Crippen molar-refractivity contribution in [2.24, 2.45) is 0 Å². The minimum atomic E-state index is 0.402. The number of fused-ring (bicyclic) bond motifs is 1. The van der Waals surface area contributed by atoms with Gasteiger partial charge in [-0.1, -0.05) is 30.0 Å². The van der Waals surface area contributed by atoms with Crippen LogP contribution >= 0.6 is 23.1 Å². The van der Waals surface area contributed by atoms with Crippen molar-refractivity contribution in [2.45, 2.75) is 18.2 Å². The number of nitrogens with one attached hydrogen (secondary N) is 1. The molecular formula is C15H16N2OS2. The van der Waals surface area contributed by atoms with Crippen LogP contribution in [-0.2, 0) is 0 Å². The number of thiophene rings is 1. The Hall–Kier alpha value is -1.30. The molecule has 0 fully saturated rings. The van der Waals surface area contributed by atoms with Crippen LogP contribution in [0.4, 0.5) is 0 Å². The van der Waals surface area contributed by atoms with E-state index in [-0.39, 0.29) is 0 Å². The number of para-hydroxylation sites is 2. The van der Waals surface area contributed by atoms with Gasteiger partial charge < -0.3 is 9.73 Å². The largest absolute Gasteiger partial charge is 0.431 e. The molecule has 2 heterocycles. The first-order chi connectivity index (χ1) is 9.83. The van der Waals surface area contributed by atoms with E-state index >= 15 is 0 Å². The lowest BCUT2D eigenvalue weighted by Crippen LogP contribution is -2.20. The Balaban J connectivity index is 1.48. The molecular weight excluding hydrogens is 288 g/mol. The van der Waals surface area contributed by atoms with Crippen molar-refractivity contribution in [3.05, 3.63) is 46.7 Å². The van der Waals surface area contributed by atoms with Crippen molar-refractivity contribution in [1.29, 1.82) is 0 Å². The van der Waals surface area contributed by atoms with E-state index in [9.17, 15) is 0 Å². The van der Waals surface area contributed by atoms with Crippen molar-refractivity contribution >= 4 is 34.2 Å². The first-order valence-corrected chi connectivity index (χ1v) is 8.44. The lowest BCUT2D eigenvalue weighted by atomic mass is 10.3. The molecule has 0 aliphatic heterocycles. The van der Waals surface area contributed by atoms with Crippen LogP contribution in [0.15, 0.2) is 51.4 Å². The molecule has 1 atom stereocenters. The summed E-state index contributed by atoms with van der Waals surface area (Å²) in [6.07, 6.45) is 0. The molecule has 3 nitrogen and oxygen atoms in total. The van der Waals surface area contributed by atoms with Crippen LogP contribution in [0.3, 0.4) is 0 Å². The van der Waals surface area contributed by atoms with Gasteiger partial charge in [-0.2, -0.15) is 0 Å². The lowest BCUT2D eigenvalue weighted by molar-refractivity contribution is 0.489. The minimum absolute atomic E-state index is 0.402. The second-order valence-corrected chi connectivity index (χ2v) is 6.51. The summed E-state index contributed by atoms with van der Waals surface area (Å²) >= 11 is 3.44. The van der Waals surface area contributed by atoms with Crippen molar-refractivity contribution < 1.29 is 4.42 Å². The Morgan fingerprint density at radius 3 is 3.00 bits per heavy atom. The Kier molecular flexibility index (Phi) is 4.40. The fourth-order valence-corrected chi connectivity index (χ4v) is 3.43. The summed E-state index contributed by atoms with van der Waals surface area (Å²) in [6, 6.07) is 12.5. The number of thioether (sulfide) groups is 1. The SMILES string of the molecule is CC(NCCSc1nc2ccccc2o1)c1cccs1. The Bertz CT molecular complexity index is 630. The molecule has 0 bridgehead atoms. The molecule has 0 amide bonds. The number of hydrogen-bond acceptors (Lipinski definition) is 5. The van der Waals surface area contributed by atoms with E-state index in [2.05, 4.69) is 34.7 Å². The molecule has 3 rings (SSSR count). The highest BCUT2D eigenvalue weighted by Crippen LogP contribution is 2.23. The molecule has 5 heteroatoms. The minimum Gasteiger partial charge on any atom is -0.431 e. The Morgan fingerprint density at radius 1 is 1.30 bits per heavy atom. The molecule has 2 aromatic heterocycles. The van der Waals surface area contributed by atoms with E-state index in [4.69, 9.17) is 4.42 Å².